The summed E-state index contributed by atoms with van der Waals surface area (Å²) >= 11 is 0. The zero-order chi connectivity index (χ0) is 59.6. The summed E-state index contributed by atoms with van der Waals surface area (Å²) in [6.07, 6.45) is 62.9. The molecule has 82 heavy (non-hydrogen) atoms. The van der Waals surface area contributed by atoms with Crippen molar-refractivity contribution in [2.75, 3.05) is 13.2 Å². The molecular weight excluding hydrogens is 1030 g/mol. The Balaban J connectivity index is 2.58. The van der Waals surface area contributed by atoms with E-state index in [-0.39, 0.29) is 19.4 Å². The Kier molecular flexibility index (Phi) is 55.8. The van der Waals surface area contributed by atoms with Crippen LogP contribution in [-0.4, -0.2) is 99.6 Å². The number of aliphatic hydroxyl groups excluding tert-OH is 5. The molecule has 1 heterocycles. The highest BCUT2D eigenvalue weighted by molar-refractivity contribution is 5.80. The molecule has 0 radical (unpaired) electrons. The van der Waals surface area contributed by atoms with Gasteiger partial charge in [0.25, 0.3) is 0 Å². The van der Waals surface area contributed by atoms with Crippen LogP contribution < -0.4 is 5.32 Å². The summed E-state index contributed by atoms with van der Waals surface area (Å²) in [5.74, 6) is -1.19. The van der Waals surface area contributed by atoms with Gasteiger partial charge in [-0.05, 0) is 83.5 Å². The number of unbranched alkanes of at least 4 members (excludes halogenated alkanes) is 40. The number of nitrogens with one attached hydrogen (secondary N) is 1. The first-order chi connectivity index (χ1) is 40.2. The Bertz CT molecular complexity index is 1520. The van der Waals surface area contributed by atoms with E-state index in [2.05, 4.69) is 62.5 Å². The van der Waals surface area contributed by atoms with Gasteiger partial charge in [0.2, 0.25) is 5.91 Å². The van der Waals surface area contributed by atoms with Crippen LogP contribution in [0.1, 0.15) is 329 Å². The molecule has 1 amide bonds. The van der Waals surface area contributed by atoms with E-state index in [4.69, 9.17) is 14.2 Å². The van der Waals surface area contributed by atoms with Crippen LogP contribution in [-0.2, 0) is 23.8 Å². The number of ether oxygens (including phenoxy) is 3. The van der Waals surface area contributed by atoms with Crippen molar-refractivity contribution >= 4 is 11.9 Å². The molecule has 0 spiro atoms. The Labute approximate surface area is 504 Å². The summed E-state index contributed by atoms with van der Waals surface area (Å²) in [4.78, 5) is 26.6. The quantitative estimate of drug-likeness (QED) is 0.0195. The largest absolute Gasteiger partial charge is 0.454 e. The van der Waals surface area contributed by atoms with Crippen LogP contribution in [0.4, 0.5) is 0 Å². The summed E-state index contributed by atoms with van der Waals surface area (Å²) in [6, 6.07) is -1.03. The highest BCUT2D eigenvalue weighted by Crippen LogP contribution is 2.26. The molecule has 1 fully saturated rings. The predicted molar refractivity (Wildman–Crippen MR) is 343 cm³/mol. The van der Waals surface area contributed by atoms with Crippen molar-refractivity contribution in [2.24, 2.45) is 0 Å². The summed E-state index contributed by atoms with van der Waals surface area (Å²) in [6.45, 7) is 5.80. The van der Waals surface area contributed by atoms with Gasteiger partial charge in [0, 0.05) is 6.42 Å². The maximum atomic E-state index is 13.5. The monoisotopic (exact) mass is 1160 g/mol. The number of carbonyl (C=O) groups excluding carboxylic acids is 2. The average molecular weight is 1160 g/mol. The highest BCUT2D eigenvalue weighted by atomic mass is 16.7. The molecule has 11 nitrogen and oxygen atoms in total. The van der Waals surface area contributed by atoms with Gasteiger partial charge in [-0.25, -0.2) is 0 Å². The summed E-state index contributed by atoms with van der Waals surface area (Å²) in [7, 11) is 0. The molecule has 0 aliphatic carbocycles. The van der Waals surface area contributed by atoms with Crippen molar-refractivity contribution < 1.29 is 49.3 Å². The van der Waals surface area contributed by atoms with Crippen LogP contribution in [0, 0.1) is 0 Å². The van der Waals surface area contributed by atoms with Gasteiger partial charge >= 0.3 is 5.97 Å². The van der Waals surface area contributed by atoms with E-state index < -0.39 is 67.4 Å². The standard InChI is InChI=1S/C71H131NO10/c1-4-7-10-13-16-19-22-25-27-29-31-32-33-34-35-37-39-41-44-47-50-53-56-59-66(76)82-69-68(78)67(77)65(60-73)81-71(69)80-61-62(63(74)57-54-51-48-45-42-24-21-18-15-12-9-6-3)72-70(79)64(75)58-55-52-49-46-43-40-38-36-30-28-26-23-20-17-14-11-8-5-2/h17,20,25-28,54,57,62-65,67-69,71,73-75,77-78H,4-16,18-19,21-24,29-53,55-56,58-61H2,1-3H3,(H,72,79)/b20-17-,27-25+,28-26-,57-54+. The fraction of sp³-hybridized carbons (Fsp3) is 0.859. The molecule has 1 rings (SSSR count). The van der Waals surface area contributed by atoms with Gasteiger partial charge in [-0.15, -0.1) is 0 Å². The third kappa shape index (κ3) is 45.9. The van der Waals surface area contributed by atoms with Gasteiger partial charge in [-0.2, -0.15) is 0 Å². The number of carbonyl (C=O) groups is 2. The van der Waals surface area contributed by atoms with Crippen molar-refractivity contribution in [3.8, 4) is 0 Å². The van der Waals surface area contributed by atoms with Crippen molar-refractivity contribution in [3.05, 3.63) is 48.6 Å². The fourth-order valence-electron chi connectivity index (χ4n) is 10.9. The van der Waals surface area contributed by atoms with E-state index in [1.54, 1.807) is 6.08 Å². The molecule has 0 aromatic rings. The van der Waals surface area contributed by atoms with E-state index in [1.165, 1.54) is 212 Å². The summed E-state index contributed by atoms with van der Waals surface area (Å²) in [5, 5.41) is 57.2. The molecule has 1 aliphatic heterocycles. The van der Waals surface area contributed by atoms with Gasteiger partial charge in [-0.3, -0.25) is 9.59 Å². The van der Waals surface area contributed by atoms with Gasteiger partial charge < -0.3 is 45.1 Å². The van der Waals surface area contributed by atoms with Crippen molar-refractivity contribution in [2.45, 2.75) is 378 Å². The fourth-order valence-corrected chi connectivity index (χ4v) is 10.9. The zero-order valence-electron chi connectivity index (χ0n) is 53.4. The maximum absolute atomic E-state index is 13.5. The lowest BCUT2D eigenvalue weighted by Gasteiger charge is -2.41. The van der Waals surface area contributed by atoms with Crippen LogP contribution in [0.3, 0.4) is 0 Å². The Morgan fingerprint density at radius 1 is 0.476 bits per heavy atom. The van der Waals surface area contributed by atoms with E-state index in [9.17, 15) is 35.1 Å². The molecule has 480 valence electrons. The van der Waals surface area contributed by atoms with Gasteiger partial charge in [0.05, 0.1) is 25.4 Å². The topological polar surface area (TPSA) is 175 Å². The minimum atomic E-state index is -1.61. The second kappa shape index (κ2) is 59.0. The minimum absolute atomic E-state index is 0.125. The third-order valence-corrected chi connectivity index (χ3v) is 16.5. The lowest BCUT2D eigenvalue weighted by atomic mass is 9.99. The summed E-state index contributed by atoms with van der Waals surface area (Å²) in [5.41, 5.74) is 0. The lowest BCUT2D eigenvalue weighted by molar-refractivity contribution is -0.305. The molecule has 1 aliphatic rings. The average Bonchev–Trinajstić information content (AvgIpc) is 3.68. The number of allylic oxidation sites excluding steroid dienone is 7. The lowest BCUT2D eigenvalue weighted by Crippen LogP contribution is -2.61. The second-order valence-electron chi connectivity index (χ2n) is 24.3. The van der Waals surface area contributed by atoms with Crippen LogP contribution in [0.15, 0.2) is 48.6 Å². The molecular formula is C71H131NO10. The molecule has 11 heteroatoms. The van der Waals surface area contributed by atoms with Crippen LogP contribution in [0.2, 0.25) is 0 Å². The molecule has 8 unspecified atom stereocenters. The predicted octanol–water partition coefficient (Wildman–Crippen LogP) is 17.6. The summed E-state index contributed by atoms with van der Waals surface area (Å²) < 4.78 is 17.7. The smallest absolute Gasteiger partial charge is 0.306 e. The Morgan fingerprint density at radius 2 is 0.841 bits per heavy atom. The molecule has 0 saturated carbocycles. The van der Waals surface area contributed by atoms with Crippen LogP contribution >= 0.6 is 0 Å². The van der Waals surface area contributed by atoms with E-state index in [1.807, 2.05) is 6.08 Å². The normalized spacial score (nSPS) is 18.9. The first kappa shape index (κ1) is 77.6. The number of hydrogen-bond acceptors (Lipinski definition) is 10. The van der Waals surface area contributed by atoms with Crippen molar-refractivity contribution in [3.63, 3.8) is 0 Å². The third-order valence-electron chi connectivity index (χ3n) is 16.5. The van der Waals surface area contributed by atoms with Crippen molar-refractivity contribution in [1.29, 1.82) is 0 Å². The minimum Gasteiger partial charge on any atom is -0.454 e. The number of amides is 1. The first-order valence-electron chi connectivity index (χ1n) is 34.9. The second-order valence-corrected chi connectivity index (χ2v) is 24.3. The molecule has 1 saturated heterocycles. The van der Waals surface area contributed by atoms with Gasteiger partial charge in [0.1, 0.15) is 24.4 Å². The van der Waals surface area contributed by atoms with E-state index >= 15 is 0 Å². The van der Waals surface area contributed by atoms with Gasteiger partial charge in [-0.1, -0.05) is 288 Å². The van der Waals surface area contributed by atoms with E-state index in [0.717, 1.165) is 70.6 Å². The number of hydrogen-bond donors (Lipinski definition) is 6. The number of esters is 1. The maximum Gasteiger partial charge on any atom is 0.306 e. The number of rotatable bonds is 60. The van der Waals surface area contributed by atoms with Crippen LogP contribution in [0.25, 0.3) is 0 Å². The molecule has 0 bridgehead atoms. The molecule has 8 atom stereocenters. The van der Waals surface area contributed by atoms with Gasteiger partial charge in [0.15, 0.2) is 12.4 Å². The number of aliphatic hydroxyl groups is 5. The zero-order valence-corrected chi connectivity index (χ0v) is 53.4. The van der Waals surface area contributed by atoms with Crippen LogP contribution in [0.5, 0.6) is 0 Å². The Morgan fingerprint density at radius 3 is 1.28 bits per heavy atom. The van der Waals surface area contributed by atoms with Crippen molar-refractivity contribution in [1.82, 2.24) is 5.32 Å². The molecule has 6 N–H and O–H groups in total. The SMILES string of the molecule is CCCCC/C=C\C/C=C\CCCCCCCCCCC(O)C(=O)NC(COC1OC(CO)C(O)C(O)C1OC(=O)CCCCCCCCCCCCCCC/C=C/CCCCCCCC)C(O)/C=C/CCCCCCCCCCCC. The van der Waals surface area contributed by atoms with E-state index in [0.29, 0.717) is 12.8 Å². The highest BCUT2D eigenvalue weighted by Gasteiger charge is 2.47. The Hall–Kier alpha value is -2.38. The molecule has 0 aromatic carbocycles. The first-order valence-corrected chi connectivity index (χ1v) is 34.9. The molecule has 0 aromatic heterocycles.